The lowest BCUT2D eigenvalue weighted by Crippen LogP contribution is -3.00. The van der Waals surface area contributed by atoms with Crippen molar-refractivity contribution >= 4 is 17.6 Å². The summed E-state index contributed by atoms with van der Waals surface area (Å²) in [6, 6.07) is 15.2. The average molecular weight is 470 g/mol. The number of hydrogen-bond acceptors (Lipinski definition) is 3. The Morgan fingerprint density at radius 3 is 2.47 bits per heavy atom. The van der Waals surface area contributed by atoms with Crippen LogP contribution in [0.15, 0.2) is 54.7 Å². The van der Waals surface area contributed by atoms with Crippen LogP contribution in [-0.2, 0) is 29.0 Å². The summed E-state index contributed by atoms with van der Waals surface area (Å²) in [7, 11) is 1.34. The van der Waals surface area contributed by atoms with Crippen LogP contribution in [-0.4, -0.2) is 23.6 Å². The van der Waals surface area contributed by atoms with Crippen LogP contribution < -0.4 is 26.9 Å². The van der Waals surface area contributed by atoms with Gasteiger partial charge in [0.15, 0.2) is 12.2 Å². The molecule has 156 valence electrons. The van der Waals surface area contributed by atoms with Crippen molar-refractivity contribution < 1.29 is 35.9 Å². The maximum atomic E-state index is 12.6. The normalized spacial score (nSPS) is 12.1. The van der Waals surface area contributed by atoms with E-state index in [4.69, 9.17) is 4.74 Å². The number of amides is 1. The molecule has 0 fully saturated rings. The number of anilines is 1. The fraction of sp³-hybridized carbons (Fsp3) is 0.261. The average Bonchev–Trinajstić information content (AvgIpc) is 3.33. The molecule has 1 aliphatic rings. The molecule has 1 aromatic heterocycles. The Bertz CT molecular complexity index is 1060. The highest BCUT2D eigenvalue weighted by Crippen LogP contribution is 2.25. The standard InChI is InChI=1S/C23H23N3O3.BrH/c1-16-5-7-17(8-6-16)20-14-25(22-4-3-13-26(20)22)15-21(27)24-19-11-9-18(10-12-19)23(28)29-2;/h5-12,14H,3-4,13,15H2,1-2H3;1H. The Hall–Kier alpha value is -2.93. The third kappa shape index (κ3) is 4.46. The Balaban J connectivity index is 0.00000256. The number of carbonyl (C=O) groups excluding carboxylic acids is 2. The molecular weight excluding hydrogens is 446 g/mol. The number of fused-ring (bicyclic) bond motifs is 1. The number of carbonyl (C=O) groups is 2. The second-order valence-corrected chi connectivity index (χ2v) is 7.30. The second kappa shape index (κ2) is 9.26. The van der Waals surface area contributed by atoms with Gasteiger partial charge in [0.25, 0.3) is 11.7 Å². The molecule has 6 nitrogen and oxygen atoms in total. The van der Waals surface area contributed by atoms with E-state index in [1.54, 1.807) is 24.3 Å². The fourth-order valence-corrected chi connectivity index (χ4v) is 3.76. The number of rotatable bonds is 5. The molecule has 1 N–H and O–H groups in total. The number of methoxy groups -OCH3 is 1. The molecule has 1 amide bonds. The van der Waals surface area contributed by atoms with E-state index in [0.717, 1.165) is 30.6 Å². The molecule has 2 aromatic carbocycles. The number of esters is 1. The lowest BCUT2D eigenvalue weighted by atomic mass is 10.1. The Kier molecular flexibility index (Phi) is 6.72. The zero-order valence-electron chi connectivity index (χ0n) is 17.0. The van der Waals surface area contributed by atoms with Gasteiger partial charge in [0.05, 0.1) is 25.6 Å². The van der Waals surface area contributed by atoms with Crippen molar-refractivity contribution in [2.45, 2.75) is 32.9 Å². The number of aromatic nitrogens is 2. The highest BCUT2D eigenvalue weighted by Gasteiger charge is 2.29. The molecule has 0 unspecified atom stereocenters. The number of nitrogens with zero attached hydrogens (tertiary/aromatic N) is 2. The summed E-state index contributed by atoms with van der Waals surface area (Å²) in [5.41, 5.74) is 4.64. The molecule has 0 radical (unpaired) electrons. The second-order valence-electron chi connectivity index (χ2n) is 7.30. The molecule has 0 spiro atoms. The van der Waals surface area contributed by atoms with Crippen LogP contribution in [0.2, 0.25) is 0 Å². The van der Waals surface area contributed by atoms with Gasteiger partial charge in [0.2, 0.25) is 0 Å². The van der Waals surface area contributed by atoms with Crippen LogP contribution in [0, 0.1) is 6.92 Å². The summed E-state index contributed by atoms with van der Waals surface area (Å²) in [4.78, 5) is 24.1. The van der Waals surface area contributed by atoms with Crippen LogP contribution in [0.25, 0.3) is 11.3 Å². The molecule has 3 aromatic rings. The quantitative estimate of drug-likeness (QED) is 0.426. The summed E-state index contributed by atoms with van der Waals surface area (Å²) in [5.74, 6) is 0.680. The highest BCUT2D eigenvalue weighted by molar-refractivity contribution is 5.92. The van der Waals surface area contributed by atoms with Gasteiger partial charge in [-0.2, -0.15) is 0 Å². The van der Waals surface area contributed by atoms with E-state index in [0.29, 0.717) is 11.3 Å². The maximum Gasteiger partial charge on any atom is 0.337 e. The summed E-state index contributed by atoms with van der Waals surface area (Å²) in [5, 5.41) is 2.90. The SMILES string of the molecule is COC(=O)c1ccc(NC(=O)C[n+]2cc(-c3ccc(C)cc3)n3c2CCC3)cc1.[Br-]. The van der Waals surface area contributed by atoms with Gasteiger partial charge in [0, 0.05) is 11.3 Å². The van der Waals surface area contributed by atoms with Gasteiger partial charge in [-0.3, -0.25) is 4.79 Å². The number of imidazole rings is 1. The predicted molar refractivity (Wildman–Crippen MR) is 110 cm³/mol. The molecular formula is C23H24BrN3O3. The predicted octanol–water partition coefficient (Wildman–Crippen LogP) is 0.127. The van der Waals surface area contributed by atoms with Crippen molar-refractivity contribution in [1.29, 1.82) is 0 Å². The topological polar surface area (TPSA) is 64.2 Å². The molecule has 0 saturated heterocycles. The molecule has 0 bridgehead atoms. The minimum absolute atomic E-state index is 0. The zero-order valence-corrected chi connectivity index (χ0v) is 18.6. The summed E-state index contributed by atoms with van der Waals surface area (Å²) in [6.45, 7) is 3.30. The van der Waals surface area contributed by atoms with E-state index in [1.165, 1.54) is 18.5 Å². The first-order valence-electron chi connectivity index (χ1n) is 9.72. The first-order chi connectivity index (χ1) is 14.0. The van der Waals surface area contributed by atoms with Crippen LogP contribution in [0.4, 0.5) is 5.69 Å². The van der Waals surface area contributed by atoms with Crippen molar-refractivity contribution in [3.63, 3.8) is 0 Å². The van der Waals surface area contributed by atoms with E-state index in [-0.39, 0.29) is 29.4 Å². The molecule has 0 atom stereocenters. The number of halogens is 1. The summed E-state index contributed by atoms with van der Waals surface area (Å²) >= 11 is 0. The van der Waals surface area contributed by atoms with Gasteiger partial charge in [-0.25, -0.2) is 13.9 Å². The van der Waals surface area contributed by atoms with Crippen molar-refractivity contribution in [3.05, 3.63) is 71.7 Å². The lowest BCUT2D eigenvalue weighted by molar-refractivity contribution is -0.690. The van der Waals surface area contributed by atoms with Crippen LogP contribution in [0.1, 0.15) is 28.2 Å². The Morgan fingerprint density at radius 2 is 1.80 bits per heavy atom. The van der Waals surface area contributed by atoms with Crippen molar-refractivity contribution in [1.82, 2.24) is 4.57 Å². The van der Waals surface area contributed by atoms with Gasteiger partial charge in [0.1, 0.15) is 6.20 Å². The van der Waals surface area contributed by atoms with Crippen LogP contribution in [0.3, 0.4) is 0 Å². The largest absolute Gasteiger partial charge is 1.00 e. The highest BCUT2D eigenvalue weighted by atomic mass is 79.9. The van der Waals surface area contributed by atoms with Crippen molar-refractivity contribution in [2.75, 3.05) is 12.4 Å². The van der Waals surface area contributed by atoms with E-state index in [9.17, 15) is 9.59 Å². The summed E-state index contributed by atoms with van der Waals surface area (Å²) < 4.78 is 9.04. The molecule has 4 rings (SSSR count). The lowest BCUT2D eigenvalue weighted by Gasteiger charge is -2.05. The number of aryl methyl sites for hydroxylation is 1. The Morgan fingerprint density at radius 1 is 1.10 bits per heavy atom. The first-order valence-corrected chi connectivity index (χ1v) is 9.72. The minimum Gasteiger partial charge on any atom is -1.00 e. The monoisotopic (exact) mass is 469 g/mol. The van der Waals surface area contributed by atoms with Gasteiger partial charge >= 0.3 is 5.97 Å². The number of benzene rings is 2. The van der Waals surface area contributed by atoms with Gasteiger partial charge in [-0.1, -0.05) is 29.8 Å². The first kappa shape index (κ1) is 21.8. The van der Waals surface area contributed by atoms with E-state index in [1.807, 2.05) is 4.57 Å². The van der Waals surface area contributed by atoms with Crippen LogP contribution >= 0.6 is 0 Å². The van der Waals surface area contributed by atoms with Gasteiger partial charge in [-0.15, -0.1) is 0 Å². The number of ether oxygens (including phenoxy) is 1. The van der Waals surface area contributed by atoms with Crippen molar-refractivity contribution in [3.8, 4) is 11.3 Å². The molecule has 1 aliphatic heterocycles. The number of nitrogens with one attached hydrogen (secondary N) is 1. The minimum atomic E-state index is -0.397. The fourth-order valence-electron chi connectivity index (χ4n) is 3.76. The smallest absolute Gasteiger partial charge is 0.337 e. The molecule has 0 saturated carbocycles. The van der Waals surface area contributed by atoms with Crippen molar-refractivity contribution in [2.24, 2.45) is 0 Å². The third-order valence-corrected chi connectivity index (χ3v) is 5.25. The molecule has 7 heteroatoms. The van der Waals surface area contributed by atoms with E-state index < -0.39 is 5.97 Å². The third-order valence-electron chi connectivity index (χ3n) is 5.25. The van der Waals surface area contributed by atoms with E-state index in [2.05, 4.69) is 47.3 Å². The molecule has 2 heterocycles. The Labute approximate surface area is 186 Å². The van der Waals surface area contributed by atoms with Gasteiger partial charge in [-0.05, 0) is 37.6 Å². The summed E-state index contributed by atoms with van der Waals surface area (Å²) in [6.07, 6.45) is 4.12. The maximum absolute atomic E-state index is 12.6. The molecule has 30 heavy (non-hydrogen) atoms. The molecule has 0 aliphatic carbocycles. The zero-order chi connectivity index (χ0) is 20.4. The van der Waals surface area contributed by atoms with Gasteiger partial charge < -0.3 is 27.0 Å². The van der Waals surface area contributed by atoms with Crippen LogP contribution in [0.5, 0.6) is 0 Å². The number of hydrogen-bond donors (Lipinski definition) is 1. The van der Waals surface area contributed by atoms with E-state index >= 15 is 0 Å².